The summed E-state index contributed by atoms with van der Waals surface area (Å²) in [5.74, 6) is 1.58. The summed E-state index contributed by atoms with van der Waals surface area (Å²) < 4.78 is 0. The summed E-state index contributed by atoms with van der Waals surface area (Å²) in [6.07, 6.45) is 6.91. The van der Waals surface area contributed by atoms with Gasteiger partial charge in [0.1, 0.15) is 0 Å². The third-order valence-electron chi connectivity index (χ3n) is 4.37. The van der Waals surface area contributed by atoms with Crippen LogP contribution in [-0.2, 0) is 0 Å². The molecule has 0 amide bonds. The van der Waals surface area contributed by atoms with Crippen molar-refractivity contribution in [2.75, 3.05) is 19.6 Å². The molecule has 2 unspecified atom stereocenters. The summed E-state index contributed by atoms with van der Waals surface area (Å²) in [5, 5.41) is 9.50. The SMILES string of the molecule is CC1=CCCC(C)C1CN1CCC(O)CC1. The monoisotopic (exact) mass is 223 g/mol. The molecule has 2 rings (SSSR count). The minimum atomic E-state index is -0.0448. The average Bonchev–Trinajstić information content (AvgIpc) is 2.26. The van der Waals surface area contributed by atoms with Crippen LogP contribution in [0.15, 0.2) is 11.6 Å². The lowest BCUT2D eigenvalue weighted by atomic mass is 9.79. The molecule has 0 radical (unpaired) electrons. The summed E-state index contributed by atoms with van der Waals surface area (Å²) in [6, 6.07) is 0. The standard InChI is InChI=1S/C14H25NO/c1-11-4-3-5-12(2)14(11)10-15-8-6-13(16)7-9-15/h4,12-14,16H,3,5-10H2,1-2H3. The number of piperidine rings is 1. The van der Waals surface area contributed by atoms with Gasteiger partial charge in [-0.1, -0.05) is 18.6 Å². The molecule has 0 aromatic heterocycles. The van der Waals surface area contributed by atoms with E-state index in [-0.39, 0.29) is 6.10 Å². The lowest BCUT2D eigenvalue weighted by molar-refractivity contribution is 0.0721. The zero-order valence-electron chi connectivity index (χ0n) is 10.7. The Morgan fingerprint density at radius 2 is 2.00 bits per heavy atom. The number of aliphatic hydroxyl groups is 1. The van der Waals surface area contributed by atoms with Crippen molar-refractivity contribution in [2.45, 2.75) is 45.6 Å². The van der Waals surface area contributed by atoms with Crippen molar-refractivity contribution in [3.63, 3.8) is 0 Å². The van der Waals surface area contributed by atoms with Gasteiger partial charge >= 0.3 is 0 Å². The van der Waals surface area contributed by atoms with E-state index in [1.165, 1.54) is 19.4 Å². The Morgan fingerprint density at radius 3 is 2.62 bits per heavy atom. The van der Waals surface area contributed by atoms with Crippen molar-refractivity contribution in [1.82, 2.24) is 4.90 Å². The van der Waals surface area contributed by atoms with Gasteiger partial charge in [-0.25, -0.2) is 0 Å². The van der Waals surface area contributed by atoms with E-state index < -0.39 is 0 Å². The molecule has 2 heteroatoms. The molecule has 0 aromatic rings. The van der Waals surface area contributed by atoms with Crippen LogP contribution < -0.4 is 0 Å². The van der Waals surface area contributed by atoms with Gasteiger partial charge in [-0.2, -0.15) is 0 Å². The van der Waals surface area contributed by atoms with Crippen LogP contribution in [0.4, 0.5) is 0 Å². The second-order valence-corrected chi connectivity index (χ2v) is 5.64. The molecule has 1 fully saturated rings. The zero-order valence-corrected chi connectivity index (χ0v) is 10.7. The minimum absolute atomic E-state index is 0.0448. The number of rotatable bonds is 2. The molecular weight excluding hydrogens is 198 g/mol. The fraction of sp³-hybridized carbons (Fsp3) is 0.857. The quantitative estimate of drug-likeness (QED) is 0.727. The number of hydrogen-bond donors (Lipinski definition) is 1. The van der Waals surface area contributed by atoms with Gasteiger partial charge in [-0.15, -0.1) is 0 Å². The van der Waals surface area contributed by atoms with E-state index in [1.807, 2.05) is 0 Å². The van der Waals surface area contributed by atoms with Gasteiger partial charge in [0.05, 0.1) is 6.10 Å². The molecule has 1 N–H and O–H groups in total. The van der Waals surface area contributed by atoms with Crippen LogP contribution in [0.25, 0.3) is 0 Å². The fourth-order valence-electron chi connectivity index (χ4n) is 3.08. The van der Waals surface area contributed by atoms with Crippen LogP contribution in [0.3, 0.4) is 0 Å². The number of allylic oxidation sites excluding steroid dienone is 1. The van der Waals surface area contributed by atoms with Crippen molar-refractivity contribution in [1.29, 1.82) is 0 Å². The zero-order chi connectivity index (χ0) is 11.5. The van der Waals surface area contributed by atoms with Crippen molar-refractivity contribution < 1.29 is 5.11 Å². The molecule has 1 aliphatic heterocycles. The van der Waals surface area contributed by atoms with Crippen LogP contribution in [0.2, 0.25) is 0 Å². The van der Waals surface area contributed by atoms with Gasteiger partial charge in [-0.3, -0.25) is 0 Å². The molecule has 1 heterocycles. The lowest BCUT2D eigenvalue weighted by Gasteiger charge is -2.36. The van der Waals surface area contributed by atoms with Crippen molar-refractivity contribution in [3.05, 3.63) is 11.6 Å². The Bertz CT molecular complexity index is 253. The van der Waals surface area contributed by atoms with E-state index in [9.17, 15) is 5.11 Å². The number of likely N-dealkylation sites (tertiary alicyclic amines) is 1. The van der Waals surface area contributed by atoms with E-state index >= 15 is 0 Å². The summed E-state index contributed by atoms with van der Waals surface area (Å²) >= 11 is 0. The smallest absolute Gasteiger partial charge is 0.0564 e. The highest BCUT2D eigenvalue weighted by atomic mass is 16.3. The molecule has 16 heavy (non-hydrogen) atoms. The van der Waals surface area contributed by atoms with E-state index in [0.29, 0.717) is 0 Å². The molecule has 0 aromatic carbocycles. The highest BCUT2D eigenvalue weighted by Gasteiger charge is 2.26. The lowest BCUT2D eigenvalue weighted by Crippen LogP contribution is -2.40. The van der Waals surface area contributed by atoms with Gasteiger partial charge < -0.3 is 10.0 Å². The summed E-state index contributed by atoms with van der Waals surface area (Å²) in [6.45, 7) is 8.05. The maximum absolute atomic E-state index is 9.50. The molecule has 92 valence electrons. The third kappa shape index (κ3) is 2.86. The number of aliphatic hydroxyl groups excluding tert-OH is 1. The Hall–Kier alpha value is -0.340. The minimum Gasteiger partial charge on any atom is -0.393 e. The van der Waals surface area contributed by atoms with Crippen LogP contribution in [0.5, 0.6) is 0 Å². The second kappa shape index (κ2) is 5.33. The molecule has 1 saturated heterocycles. The maximum Gasteiger partial charge on any atom is 0.0564 e. The van der Waals surface area contributed by atoms with E-state index in [4.69, 9.17) is 0 Å². The highest BCUT2D eigenvalue weighted by molar-refractivity contribution is 5.09. The molecule has 2 aliphatic rings. The van der Waals surface area contributed by atoms with Crippen molar-refractivity contribution in [2.24, 2.45) is 11.8 Å². The van der Waals surface area contributed by atoms with E-state index in [0.717, 1.165) is 37.8 Å². The normalized spacial score (nSPS) is 33.8. The summed E-state index contributed by atoms with van der Waals surface area (Å²) in [7, 11) is 0. The molecular formula is C14H25NO. The number of nitrogens with zero attached hydrogens (tertiary/aromatic N) is 1. The second-order valence-electron chi connectivity index (χ2n) is 5.64. The highest BCUT2D eigenvalue weighted by Crippen LogP contribution is 2.31. The van der Waals surface area contributed by atoms with Gasteiger partial charge in [0.15, 0.2) is 0 Å². The Morgan fingerprint density at radius 1 is 1.31 bits per heavy atom. The molecule has 0 saturated carbocycles. The summed E-state index contributed by atoms with van der Waals surface area (Å²) in [4.78, 5) is 2.54. The van der Waals surface area contributed by atoms with Gasteiger partial charge in [0.2, 0.25) is 0 Å². The molecule has 0 bridgehead atoms. The van der Waals surface area contributed by atoms with Gasteiger partial charge in [-0.05, 0) is 44.4 Å². The van der Waals surface area contributed by atoms with Crippen molar-refractivity contribution in [3.8, 4) is 0 Å². The largest absolute Gasteiger partial charge is 0.393 e. The first-order chi connectivity index (χ1) is 7.66. The predicted octanol–water partition coefficient (Wildman–Crippen LogP) is 2.44. The Balaban J connectivity index is 1.88. The van der Waals surface area contributed by atoms with Crippen molar-refractivity contribution >= 4 is 0 Å². The maximum atomic E-state index is 9.50. The van der Waals surface area contributed by atoms with Gasteiger partial charge in [0, 0.05) is 19.6 Å². The molecule has 2 atom stereocenters. The summed E-state index contributed by atoms with van der Waals surface area (Å²) in [5.41, 5.74) is 1.59. The first-order valence-electron chi connectivity index (χ1n) is 6.74. The van der Waals surface area contributed by atoms with Crippen LogP contribution in [0.1, 0.15) is 39.5 Å². The van der Waals surface area contributed by atoms with E-state index in [1.54, 1.807) is 5.57 Å². The molecule has 0 spiro atoms. The molecule has 1 aliphatic carbocycles. The first kappa shape index (κ1) is 12.1. The van der Waals surface area contributed by atoms with Crippen LogP contribution >= 0.6 is 0 Å². The van der Waals surface area contributed by atoms with Crippen LogP contribution in [0, 0.1) is 11.8 Å². The Kier molecular flexibility index (Phi) is 4.04. The Labute approximate surface area is 99.3 Å². The van der Waals surface area contributed by atoms with Crippen LogP contribution in [-0.4, -0.2) is 35.7 Å². The topological polar surface area (TPSA) is 23.5 Å². The third-order valence-corrected chi connectivity index (χ3v) is 4.37. The fourth-order valence-corrected chi connectivity index (χ4v) is 3.08. The predicted molar refractivity (Wildman–Crippen MR) is 67.3 cm³/mol. The molecule has 2 nitrogen and oxygen atoms in total. The van der Waals surface area contributed by atoms with E-state index in [2.05, 4.69) is 24.8 Å². The first-order valence-corrected chi connectivity index (χ1v) is 6.74. The number of hydrogen-bond acceptors (Lipinski definition) is 2. The average molecular weight is 223 g/mol. The van der Waals surface area contributed by atoms with Gasteiger partial charge in [0.25, 0.3) is 0 Å².